The summed E-state index contributed by atoms with van der Waals surface area (Å²) in [5, 5.41) is 9.97. The van der Waals surface area contributed by atoms with Crippen molar-refractivity contribution in [2.75, 3.05) is 18.0 Å². The summed E-state index contributed by atoms with van der Waals surface area (Å²) in [6.07, 6.45) is -3.14. The monoisotopic (exact) mass is 338 g/mol. The molecule has 0 amide bonds. The maximum absolute atomic E-state index is 13.1. The van der Waals surface area contributed by atoms with E-state index in [0.717, 1.165) is 0 Å². The number of aliphatic hydroxyl groups is 1. The van der Waals surface area contributed by atoms with Crippen LogP contribution in [0, 0.1) is 6.92 Å². The van der Waals surface area contributed by atoms with Gasteiger partial charge in [-0.2, -0.15) is 13.2 Å². The van der Waals surface area contributed by atoms with Crippen LogP contribution < -0.4 is 4.90 Å². The maximum Gasteiger partial charge on any atom is 0.418 e. The third-order valence-corrected chi connectivity index (χ3v) is 4.06. The van der Waals surface area contributed by atoms with E-state index in [1.54, 1.807) is 37.4 Å². The van der Waals surface area contributed by atoms with E-state index >= 15 is 0 Å². The fourth-order valence-corrected chi connectivity index (χ4v) is 2.79. The number of hydrogen-bond donors (Lipinski definition) is 1. The van der Waals surface area contributed by atoms with Gasteiger partial charge in [0.2, 0.25) is 0 Å². The van der Waals surface area contributed by atoms with E-state index in [1.807, 2.05) is 0 Å². The SMILES string of the molecule is Cc1cc(N2CCC[C@](O)(C(F)(F)F)C2)nc(-c2ccccn2)n1. The van der Waals surface area contributed by atoms with Gasteiger partial charge < -0.3 is 10.0 Å². The van der Waals surface area contributed by atoms with E-state index in [2.05, 4.69) is 15.0 Å². The molecule has 128 valence electrons. The molecule has 2 aromatic rings. The molecule has 0 aromatic carbocycles. The second-order valence-corrected chi connectivity index (χ2v) is 5.96. The molecule has 1 N–H and O–H groups in total. The minimum absolute atomic E-state index is 0.234. The summed E-state index contributed by atoms with van der Waals surface area (Å²) in [6.45, 7) is 1.61. The average molecular weight is 338 g/mol. The lowest BCUT2D eigenvalue weighted by atomic mass is 9.92. The quantitative estimate of drug-likeness (QED) is 0.912. The van der Waals surface area contributed by atoms with Crippen molar-refractivity contribution in [1.29, 1.82) is 0 Å². The number of aryl methyl sites for hydroxylation is 1. The first kappa shape index (κ1) is 16.6. The van der Waals surface area contributed by atoms with Crippen LogP contribution in [0.3, 0.4) is 0 Å². The van der Waals surface area contributed by atoms with Crippen molar-refractivity contribution in [2.45, 2.75) is 31.5 Å². The largest absolute Gasteiger partial charge is 0.418 e. The minimum Gasteiger partial charge on any atom is -0.379 e. The Balaban J connectivity index is 1.94. The molecule has 2 aromatic heterocycles. The molecule has 3 heterocycles. The fourth-order valence-electron chi connectivity index (χ4n) is 2.79. The molecule has 0 spiro atoms. The molecule has 1 saturated heterocycles. The third-order valence-electron chi connectivity index (χ3n) is 4.06. The highest BCUT2D eigenvalue weighted by Gasteiger charge is 2.55. The van der Waals surface area contributed by atoms with Crippen molar-refractivity contribution >= 4 is 5.82 Å². The smallest absolute Gasteiger partial charge is 0.379 e. The number of aromatic nitrogens is 3. The van der Waals surface area contributed by atoms with Gasteiger partial charge in [-0.15, -0.1) is 0 Å². The summed E-state index contributed by atoms with van der Waals surface area (Å²) < 4.78 is 39.4. The second kappa shape index (κ2) is 6.01. The first-order valence-electron chi connectivity index (χ1n) is 7.60. The van der Waals surface area contributed by atoms with E-state index in [-0.39, 0.29) is 12.8 Å². The van der Waals surface area contributed by atoms with E-state index in [4.69, 9.17) is 0 Å². The number of alkyl halides is 3. The first-order valence-corrected chi connectivity index (χ1v) is 7.60. The van der Waals surface area contributed by atoms with Crippen LogP contribution in [0.4, 0.5) is 19.0 Å². The standard InChI is InChI=1S/C16H17F3N4O/c1-11-9-13(22-14(21-11)12-5-2-3-7-20-12)23-8-4-6-15(24,10-23)16(17,18)19/h2-3,5,7,9,24H,4,6,8,10H2,1H3/t15-/m1/s1. The normalized spacial score (nSPS) is 21.8. The lowest BCUT2D eigenvalue weighted by Gasteiger charge is -2.40. The van der Waals surface area contributed by atoms with Crippen LogP contribution in [0.5, 0.6) is 0 Å². The van der Waals surface area contributed by atoms with Crippen LogP contribution in [0.2, 0.25) is 0 Å². The number of nitrogens with zero attached hydrogens (tertiary/aromatic N) is 4. The number of hydrogen-bond acceptors (Lipinski definition) is 5. The van der Waals surface area contributed by atoms with Gasteiger partial charge in [-0.3, -0.25) is 4.98 Å². The van der Waals surface area contributed by atoms with Crippen LogP contribution in [-0.4, -0.2) is 44.9 Å². The van der Waals surface area contributed by atoms with Crippen molar-refractivity contribution in [2.24, 2.45) is 0 Å². The predicted octanol–water partition coefficient (Wildman–Crippen LogP) is 2.74. The Hall–Kier alpha value is -2.22. The highest BCUT2D eigenvalue weighted by atomic mass is 19.4. The van der Waals surface area contributed by atoms with E-state index in [0.29, 0.717) is 29.6 Å². The van der Waals surface area contributed by atoms with Crippen molar-refractivity contribution < 1.29 is 18.3 Å². The summed E-state index contributed by atoms with van der Waals surface area (Å²) in [7, 11) is 0. The molecular formula is C16H17F3N4O. The number of anilines is 1. The minimum atomic E-state index is -4.67. The number of pyridine rings is 1. The van der Waals surface area contributed by atoms with Crippen LogP contribution >= 0.6 is 0 Å². The molecule has 0 bridgehead atoms. The molecule has 0 radical (unpaired) electrons. The van der Waals surface area contributed by atoms with Crippen LogP contribution in [0.25, 0.3) is 11.5 Å². The fraction of sp³-hybridized carbons (Fsp3) is 0.438. The van der Waals surface area contributed by atoms with Crippen LogP contribution in [0.15, 0.2) is 30.5 Å². The molecule has 1 atom stereocenters. The van der Waals surface area contributed by atoms with Crippen molar-refractivity contribution in [1.82, 2.24) is 15.0 Å². The summed E-state index contributed by atoms with van der Waals surface area (Å²) in [4.78, 5) is 14.3. The number of piperidine rings is 1. The molecule has 1 aliphatic rings. The third kappa shape index (κ3) is 3.19. The molecule has 0 aliphatic carbocycles. The van der Waals surface area contributed by atoms with E-state index in [9.17, 15) is 18.3 Å². The van der Waals surface area contributed by atoms with Gasteiger partial charge in [0, 0.05) is 24.5 Å². The van der Waals surface area contributed by atoms with Crippen molar-refractivity contribution in [3.8, 4) is 11.5 Å². The van der Waals surface area contributed by atoms with Crippen molar-refractivity contribution in [3.05, 3.63) is 36.2 Å². The van der Waals surface area contributed by atoms with Gasteiger partial charge in [0.15, 0.2) is 11.4 Å². The Kier molecular flexibility index (Phi) is 4.16. The van der Waals surface area contributed by atoms with E-state index in [1.165, 1.54) is 4.90 Å². The molecule has 24 heavy (non-hydrogen) atoms. The van der Waals surface area contributed by atoms with Crippen molar-refractivity contribution in [3.63, 3.8) is 0 Å². The Morgan fingerprint density at radius 2 is 2.04 bits per heavy atom. The summed E-state index contributed by atoms with van der Waals surface area (Å²) in [5.74, 6) is 0.720. The molecule has 3 rings (SSSR count). The predicted molar refractivity (Wildman–Crippen MR) is 82.5 cm³/mol. The van der Waals surface area contributed by atoms with Crippen LogP contribution in [0.1, 0.15) is 18.5 Å². The molecule has 8 heteroatoms. The lowest BCUT2D eigenvalue weighted by Crippen LogP contribution is -2.57. The summed E-state index contributed by atoms with van der Waals surface area (Å²) >= 11 is 0. The molecule has 0 saturated carbocycles. The summed E-state index contributed by atoms with van der Waals surface area (Å²) in [6, 6.07) is 6.90. The zero-order chi connectivity index (χ0) is 17.4. The Bertz CT molecular complexity index is 723. The van der Waals surface area contributed by atoms with Gasteiger partial charge in [-0.25, -0.2) is 9.97 Å². The van der Waals surface area contributed by atoms with Crippen LogP contribution in [-0.2, 0) is 0 Å². The van der Waals surface area contributed by atoms with Gasteiger partial charge in [-0.05, 0) is 31.9 Å². The van der Waals surface area contributed by atoms with Gasteiger partial charge in [0.1, 0.15) is 11.5 Å². The average Bonchev–Trinajstić information content (AvgIpc) is 2.54. The molecular weight excluding hydrogens is 321 g/mol. The number of halogens is 3. The first-order chi connectivity index (χ1) is 11.3. The Labute approximate surface area is 137 Å². The number of β-amino-alcohol motifs (C(OH)–C–C–N with tert-alkyl or cyclic N) is 1. The van der Waals surface area contributed by atoms with Gasteiger partial charge in [0.25, 0.3) is 0 Å². The molecule has 0 unspecified atom stereocenters. The second-order valence-electron chi connectivity index (χ2n) is 5.96. The highest BCUT2D eigenvalue weighted by molar-refractivity contribution is 5.54. The zero-order valence-electron chi connectivity index (χ0n) is 13.1. The van der Waals surface area contributed by atoms with Gasteiger partial charge in [-0.1, -0.05) is 6.07 Å². The van der Waals surface area contributed by atoms with Gasteiger partial charge >= 0.3 is 6.18 Å². The molecule has 1 aliphatic heterocycles. The number of rotatable bonds is 2. The topological polar surface area (TPSA) is 62.1 Å². The van der Waals surface area contributed by atoms with E-state index < -0.39 is 18.3 Å². The lowest BCUT2D eigenvalue weighted by molar-refractivity contribution is -0.261. The highest BCUT2D eigenvalue weighted by Crippen LogP contribution is 2.38. The maximum atomic E-state index is 13.1. The summed E-state index contributed by atoms with van der Waals surface area (Å²) in [5.41, 5.74) is -1.54. The zero-order valence-corrected chi connectivity index (χ0v) is 13.1. The molecule has 1 fully saturated rings. The Morgan fingerprint density at radius 1 is 1.25 bits per heavy atom. The molecule has 5 nitrogen and oxygen atoms in total. The van der Waals surface area contributed by atoms with Gasteiger partial charge in [0.05, 0.1) is 6.54 Å². The Morgan fingerprint density at radius 3 is 2.71 bits per heavy atom.